The minimum atomic E-state index is -0.0188. The Morgan fingerprint density at radius 3 is 2.62 bits per heavy atom. The lowest BCUT2D eigenvalue weighted by Crippen LogP contribution is -2.19. The van der Waals surface area contributed by atoms with Crippen molar-refractivity contribution in [2.75, 3.05) is 5.32 Å². The molecule has 3 aromatic rings. The van der Waals surface area contributed by atoms with Crippen LogP contribution in [-0.2, 0) is 10.2 Å². The molecule has 1 atom stereocenters. The number of thiophene rings is 1. The Bertz CT molecular complexity index is 748. The smallest absolute Gasteiger partial charge is 0.228 e. The van der Waals surface area contributed by atoms with E-state index in [1.54, 1.807) is 11.3 Å². The zero-order valence-corrected chi connectivity index (χ0v) is 15.7. The summed E-state index contributed by atoms with van der Waals surface area (Å²) in [6.07, 6.45) is 4.38. The van der Waals surface area contributed by atoms with Gasteiger partial charge in [-0.15, -0.1) is 11.3 Å². The number of amides is 1. The van der Waals surface area contributed by atoms with Crippen molar-refractivity contribution in [3.05, 3.63) is 58.0 Å². The number of hydrogen-bond acceptors (Lipinski definition) is 4. The fourth-order valence-electron chi connectivity index (χ4n) is 2.44. The fourth-order valence-corrected chi connectivity index (χ4v) is 4.10. The first-order valence-corrected chi connectivity index (χ1v) is 9.66. The molecular weight excluding hydrogens is 338 g/mol. The molecule has 0 aromatic carbocycles. The highest BCUT2D eigenvalue weighted by molar-refractivity contribution is 7.14. The second-order valence-electron chi connectivity index (χ2n) is 6.74. The van der Waals surface area contributed by atoms with E-state index in [1.165, 1.54) is 11.3 Å². The van der Waals surface area contributed by atoms with Crippen LogP contribution in [0.5, 0.6) is 0 Å². The summed E-state index contributed by atoms with van der Waals surface area (Å²) < 4.78 is 2.07. The van der Waals surface area contributed by atoms with E-state index in [0.29, 0.717) is 11.6 Å². The molecule has 126 valence electrons. The van der Waals surface area contributed by atoms with Crippen LogP contribution in [0.4, 0.5) is 5.13 Å². The quantitative estimate of drug-likeness (QED) is 0.703. The second-order valence-corrected chi connectivity index (χ2v) is 8.38. The molecule has 0 aliphatic heterocycles. The molecule has 0 fully saturated rings. The normalized spacial score (nSPS) is 13.0. The average Bonchev–Trinajstić information content (AvgIpc) is 3.25. The van der Waals surface area contributed by atoms with E-state index < -0.39 is 0 Å². The SMILES string of the molecule is CC(C)(C)c1csc(NC(=O)C[C@@H](c2ccsc2)n2cccc2)n1. The summed E-state index contributed by atoms with van der Waals surface area (Å²) in [4.78, 5) is 17.1. The number of carbonyl (C=O) groups excluding carboxylic acids is 1. The maximum Gasteiger partial charge on any atom is 0.228 e. The third kappa shape index (κ3) is 3.94. The molecular formula is C18H21N3OS2. The lowest BCUT2D eigenvalue weighted by Gasteiger charge is -2.17. The van der Waals surface area contributed by atoms with Crippen molar-refractivity contribution in [2.45, 2.75) is 38.6 Å². The monoisotopic (exact) mass is 359 g/mol. The first-order valence-electron chi connectivity index (χ1n) is 7.84. The average molecular weight is 360 g/mol. The van der Waals surface area contributed by atoms with Crippen LogP contribution in [0, 0.1) is 0 Å². The maximum atomic E-state index is 12.5. The molecule has 0 aliphatic rings. The van der Waals surface area contributed by atoms with Gasteiger partial charge in [0.25, 0.3) is 0 Å². The zero-order chi connectivity index (χ0) is 17.2. The van der Waals surface area contributed by atoms with Crippen molar-refractivity contribution in [2.24, 2.45) is 0 Å². The molecule has 0 bridgehead atoms. The Morgan fingerprint density at radius 1 is 1.29 bits per heavy atom. The maximum absolute atomic E-state index is 12.5. The summed E-state index contributed by atoms with van der Waals surface area (Å²) in [5, 5.41) is 9.77. The molecule has 0 radical (unpaired) electrons. The number of nitrogens with one attached hydrogen (secondary N) is 1. The lowest BCUT2D eigenvalue weighted by atomic mass is 9.93. The number of nitrogens with zero attached hydrogens (tertiary/aromatic N) is 2. The summed E-state index contributed by atoms with van der Waals surface area (Å²) in [7, 11) is 0. The van der Waals surface area contributed by atoms with Crippen molar-refractivity contribution in [1.82, 2.24) is 9.55 Å². The summed E-state index contributed by atoms with van der Waals surface area (Å²) in [5.41, 5.74) is 2.15. The van der Waals surface area contributed by atoms with Crippen LogP contribution in [0.25, 0.3) is 0 Å². The largest absolute Gasteiger partial charge is 0.346 e. The molecule has 4 nitrogen and oxygen atoms in total. The van der Waals surface area contributed by atoms with Crippen LogP contribution in [0.1, 0.15) is 44.5 Å². The summed E-state index contributed by atoms with van der Waals surface area (Å²) in [6.45, 7) is 6.35. The molecule has 3 rings (SSSR count). The molecule has 3 heterocycles. The van der Waals surface area contributed by atoms with Crippen LogP contribution in [0.15, 0.2) is 46.7 Å². The Morgan fingerprint density at radius 2 is 2.04 bits per heavy atom. The zero-order valence-electron chi connectivity index (χ0n) is 14.0. The van der Waals surface area contributed by atoms with E-state index >= 15 is 0 Å². The highest BCUT2D eigenvalue weighted by Crippen LogP contribution is 2.28. The molecule has 1 N–H and O–H groups in total. The molecule has 0 aliphatic carbocycles. The Hall–Kier alpha value is -1.92. The summed E-state index contributed by atoms with van der Waals surface area (Å²) in [5.74, 6) is -0.0188. The van der Waals surface area contributed by atoms with Crippen molar-refractivity contribution >= 4 is 33.7 Å². The van der Waals surface area contributed by atoms with Gasteiger partial charge < -0.3 is 9.88 Å². The number of anilines is 1. The van der Waals surface area contributed by atoms with Crippen molar-refractivity contribution in [3.63, 3.8) is 0 Å². The molecule has 0 saturated carbocycles. The second kappa shape index (κ2) is 6.91. The van der Waals surface area contributed by atoms with Gasteiger partial charge in [0.2, 0.25) is 5.91 Å². The summed E-state index contributed by atoms with van der Waals surface area (Å²) >= 11 is 3.13. The van der Waals surface area contributed by atoms with E-state index in [2.05, 4.69) is 47.1 Å². The molecule has 24 heavy (non-hydrogen) atoms. The predicted molar refractivity (Wildman–Crippen MR) is 101 cm³/mol. The number of carbonyl (C=O) groups is 1. The van der Waals surface area contributed by atoms with Gasteiger partial charge in [0.15, 0.2) is 5.13 Å². The van der Waals surface area contributed by atoms with Gasteiger partial charge in [-0.2, -0.15) is 11.3 Å². The van der Waals surface area contributed by atoms with Gasteiger partial charge in [-0.1, -0.05) is 20.8 Å². The standard InChI is InChI=1S/C18H21N3OS2/c1-18(2,3)15-12-24-17(19-15)20-16(22)10-14(13-6-9-23-11-13)21-7-4-5-8-21/h4-9,11-12,14H,10H2,1-3H3,(H,19,20,22)/t14-/m0/s1. The van der Waals surface area contributed by atoms with E-state index in [1.807, 2.05) is 35.3 Å². The Balaban J connectivity index is 1.71. The van der Waals surface area contributed by atoms with Gasteiger partial charge in [0.05, 0.1) is 18.2 Å². The third-order valence-electron chi connectivity index (χ3n) is 3.81. The molecule has 0 saturated heterocycles. The van der Waals surface area contributed by atoms with Crippen LogP contribution in [0.3, 0.4) is 0 Å². The van der Waals surface area contributed by atoms with Gasteiger partial charge in [-0.25, -0.2) is 4.98 Å². The van der Waals surface area contributed by atoms with Crippen LogP contribution >= 0.6 is 22.7 Å². The Kier molecular flexibility index (Phi) is 4.87. The van der Waals surface area contributed by atoms with Crippen molar-refractivity contribution in [3.8, 4) is 0 Å². The van der Waals surface area contributed by atoms with Gasteiger partial charge in [-0.3, -0.25) is 4.79 Å². The number of thiazole rings is 1. The predicted octanol–water partition coefficient (Wildman–Crippen LogP) is 4.92. The lowest BCUT2D eigenvalue weighted by molar-refractivity contribution is -0.116. The topological polar surface area (TPSA) is 46.9 Å². The van der Waals surface area contributed by atoms with Crippen molar-refractivity contribution < 1.29 is 4.79 Å². The van der Waals surface area contributed by atoms with E-state index in [0.717, 1.165) is 11.3 Å². The molecule has 0 unspecified atom stereocenters. The molecule has 3 aromatic heterocycles. The van der Waals surface area contributed by atoms with Crippen molar-refractivity contribution in [1.29, 1.82) is 0 Å². The van der Waals surface area contributed by atoms with Gasteiger partial charge >= 0.3 is 0 Å². The first-order chi connectivity index (χ1) is 11.4. The third-order valence-corrected chi connectivity index (χ3v) is 5.27. The van der Waals surface area contributed by atoms with Gasteiger partial charge in [0.1, 0.15) is 0 Å². The molecule has 1 amide bonds. The minimum absolute atomic E-state index is 0.00768. The fraction of sp³-hybridized carbons (Fsp3) is 0.333. The molecule has 6 heteroatoms. The Labute approximate surface area is 150 Å². The van der Waals surface area contributed by atoms with Crippen LogP contribution in [0.2, 0.25) is 0 Å². The number of aromatic nitrogens is 2. The van der Waals surface area contributed by atoms with E-state index in [-0.39, 0.29) is 17.4 Å². The van der Waals surface area contributed by atoms with E-state index in [9.17, 15) is 4.79 Å². The van der Waals surface area contributed by atoms with Crippen LogP contribution in [-0.4, -0.2) is 15.5 Å². The van der Waals surface area contributed by atoms with E-state index in [4.69, 9.17) is 0 Å². The highest BCUT2D eigenvalue weighted by Gasteiger charge is 2.21. The number of hydrogen-bond donors (Lipinski definition) is 1. The molecule has 0 spiro atoms. The van der Waals surface area contributed by atoms with Crippen LogP contribution < -0.4 is 5.32 Å². The van der Waals surface area contributed by atoms with Gasteiger partial charge in [-0.05, 0) is 34.5 Å². The minimum Gasteiger partial charge on any atom is -0.346 e. The highest BCUT2D eigenvalue weighted by atomic mass is 32.1. The summed E-state index contributed by atoms with van der Waals surface area (Å²) in [6, 6.07) is 6.04. The first kappa shape index (κ1) is 16.9. The van der Waals surface area contributed by atoms with Gasteiger partial charge in [0, 0.05) is 23.2 Å². The number of rotatable bonds is 5.